The Morgan fingerprint density at radius 3 is 1.60 bits per heavy atom. The third-order valence-electron chi connectivity index (χ3n) is 0.874. The summed E-state index contributed by atoms with van der Waals surface area (Å²) < 4.78 is 10.2. The zero-order valence-electron chi connectivity index (χ0n) is 7.26. The third kappa shape index (κ3) is 5.13. The second-order valence-corrected chi connectivity index (χ2v) is 10.6. The van der Waals surface area contributed by atoms with Crippen molar-refractivity contribution in [1.29, 1.82) is 0 Å². The molecular weight excluding hydrogens is 164 g/mol. The van der Waals surface area contributed by atoms with Gasteiger partial charge in [0.2, 0.25) is 0 Å². The summed E-state index contributed by atoms with van der Waals surface area (Å²) in [6, 6.07) is 0. The molecule has 0 heterocycles. The zero-order valence-corrected chi connectivity index (χ0v) is 9.26. The van der Waals surface area contributed by atoms with Gasteiger partial charge in [-0.05, 0) is 19.6 Å². The molecule has 1 unspecified atom stereocenters. The fraction of sp³-hybridized carbons (Fsp3) is 1.00. The lowest BCUT2D eigenvalue weighted by molar-refractivity contribution is 0.201. The van der Waals surface area contributed by atoms with E-state index in [-0.39, 0.29) is 0 Å². The van der Waals surface area contributed by atoms with E-state index in [9.17, 15) is 4.80 Å². The van der Waals surface area contributed by atoms with E-state index in [4.69, 9.17) is 8.54 Å². The van der Waals surface area contributed by atoms with Crippen molar-refractivity contribution in [3.05, 3.63) is 0 Å². The molecule has 0 saturated heterocycles. The largest absolute Gasteiger partial charge is 0.484 e. The van der Waals surface area contributed by atoms with Crippen LogP contribution in [-0.2, 0) is 8.54 Å². The molecule has 0 rings (SSSR count). The number of hydrogen-bond donors (Lipinski definition) is 1. The molecule has 3 nitrogen and oxygen atoms in total. The van der Waals surface area contributed by atoms with Gasteiger partial charge in [-0.2, -0.15) is 0 Å². The van der Waals surface area contributed by atoms with Gasteiger partial charge in [-0.25, -0.2) is 0 Å². The van der Waals surface area contributed by atoms with Crippen LogP contribution in [0.25, 0.3) is 0 Å². The molecule has 0 amide bonds. The van der Waals surface area contributed by atoms with E-state index >= 15 is 0 Å². The number of hydrogen-bond acceptors (Lipinski definition) is 3. The first kappa shape index (κ1) is 10.3. The van der Waals surface area contributed by atoms with Gasteiger partial charge in [-0.15, -0.1) is 0 Å². The van der Waals surface area contributed by atoms with E-state index in [1.54, 1.807) is 6.55 Å². The van der Waals surface area contributed by atoms with Gasteiger partial charge in [0.25, 0.3) is 0 Å². The summed E-state index contributed by atoms with van der Waals surface area (Å²) in [4.78, 5) is 9.39. The van der Waals surface area contributed by atoms with Crippen LogP contribution in [0.2, 0.25) is 26.2 Å². The molecule has 0 saturated carbocycles. The first-order valence-electron chi connectivity index (χ1n) is 3.24. The standard InChI is InChI=1S/C5H16O3Si2/c1-7-10(5,6)8-9(2,3)4/h6H,1-5H3. The summed E-state index contributed by atoms with van der Waals surface area (Å²) in [5.74, 6) is 0. The van der Waals surface area contributed by atoms with Gasteiger partial charge in [0.15, 0.2) is 8.32 Å². The van der Waals surface area contributed by atoms with Gasteiger partial charge in [0, 0.05) is 13.7 Å². The molecule has 0 aromatic carbocycles. The summed E-state index contributed by atoms with van der Waals surface area (Å²) in [7, 11) is -2.90. The lowest BCUT2D eigenvalue weighted by Crippen LogP contribution is -2.46. The highest BCUT2D eigenvalue weighted by molar-refractivity contribution is 6.79. The smallest absolute Gasteiger partial charge is 0.416 e. The van der Waals surface area contributed by atoms with E-state index < -0.39 is 17.1 Å². The van der Waals surface area contributed by atoms with Gasteiger partial charge < -0.3 is 13.3 Å². The molecule has 5 heteroatoms. The fourth-order valence-corrected chi connectivity index (χ4v) is 5.49. The van der Waals surface area contributed by atoms with Crippen molar-refractivity contribution in [2.75, 3.05) is 7.11 Å². The van der Waals surface area contributed by atoms with Crippen LogP contribution in [0.4, 0.5) is 0 Å². The van der Waals surface area contributed by atoms with Crippen LogP contribution < -0.4 is 0 Å². The second kappa shape index (κ2) is 3.14. The Bertz CT molecular complexity index is 108. The maximum Gasteiger partial charge on any atom is 0.484 e. The Kier molecular flexibility index (Phi) is 3.24. The Balaban J connectivity index is 3.89. The predicted octanol–water partition coefficient (Wildman–Crippen LogP) is 1.05. The van der Waals surface area contributed by atoms with E-state index in [1.165, 1.54) is 7.11 Å². The lowest BCUT2D eigenvalue weighted by atomic mass is 11.8. The van der Waals surface area contributed by atoms with Crippen molar-refractivity contribution in [1.82, 2.24) is 0 Å². The van der Waals surface area contributed by atoms with Crippen molar-refractivity contribution < 1.29 is 13.3 Å². The van der Waals surface area contributed by atoms with E-state index in [1.807, 2.05) is 19.6 Å². The van der Waals surface area contributed by atoms with Gasteiger partial charge in [0.05, 0.1) is 0 Å². The van der Waals surface area contributed by atoms with E-state index in [0.29, 0.717) is 0 Å². The molecule has 0 radical (unpaired) electrons. The molecule has 1 N–H and O–H groups in total. The maximum absolute atomic E-state index is 9.39. The SMILES string of the molecule is CO[Si](C)(O)O[Si](C)(C)C. The minimum absolute atomic E-state index is 1.48. The van der Waals surface area contributed by atoms with Crippen molar-refractivity contribution in [2.24, 2.45) is 0 Å². The van der Waals surface area contributed by atoms with Crippen LogP contribution in [0.3, 0.4) is 0 Å². The molecule has 0 fully saturated rings. The Morgan fingerprint density at radius 2 is 1.50 bits per heavy atom. The van der Waals surface area contributed by atoms with Crippen LogP contribution >= 0.6 is 0 Å². The average molecular weight is 180 g/mol. The van der Waals surface area contributed by atoms with Crippen molar-refractivity contribution in [2.45, 2.75) is 26.2 Å². The van der Waals surface area contributed by atoms with Crippen LogP contribution in [0.1, 0.15) is 0 Å². The highest BCUT2D eigenvalue weighted by atomic mass is 28.5. The summed E-state index contributed by atoms with van der Waals surface area (Å²) >= 11 is 0. The van der Waals surface area contributed by atoms with E-state index in [2.05, 4.69) is 0 Å². The van der Waals surface area contributed by atoms with Gasteiger partial charge in [-0.3, -0.25) is 0 Å². The second-order valence-electron chi connectivity index (χ2n) is 3.32. The molecule has 0 bridgehead atoms. The summed E-state index contributed by atoms with van der Waals surface area (Å²) in [5.41, 5.74) is 0. The number of rotatable bonds is 3. The monoisotopic (exact) mass is 180 g/mol. The van der Waals surface area contributed by atoms with Crippen LogP contribution in [0.5, 0.6) is 0 Å². The summed E-state index contributed by atoms with van der Waals surface area (Å²) in [6.07, 6.45) is 0. The van der Waals surface area contributed by atoms with Gasteiger partial charge in [-0.1, -0.05) is 0 Å². The Morgan fingerprint density at radius 1 is 1.10 bits per heavy atom. The Hall–Kier alpha value is 0.314. The Labute approximate surface area is 64.5 Å². The van der Waals surface area contributed by atoms with Gasteiger partial charge in [0.1, 0.15) is 0 Å². The normalized spacial score (nSPS) is 18.6. The molecule has 0 aliphatic carbocycles. The van der Waals surface area contributed by atoms with E-state index in [0.717, 1.165) is 0 Å². The van der Waals surface area contributed by atoms with Crippen LogP contribution in [0, 0.1) is 0 Å². The summed E-state index contributed by atoms with van der Waals surface area (Å²) in [6.45, 7) is 7.69. The lowest BCUT2D eigenvalue weighted by Gasteiger charge is -2.26. The maximum atomic E-state index is 9.39. The molecule has 0 aliphatic heterocycles. The molecule has 0 aromatic rings. The molecule has 0 aliphatic rings. The van der Waals surface area contributed by atoms with Gasteiger partial charge >= 0.3 is 8.80 Å². The van der Waals surface area contributed by atoms with Crippen molar-refractivity contribution in [3.8, 4) is 0 Å². The van der Waals surface area contributed by atoms with Crippen LogP contribution in [-0.4, -0.2) is 29.0 Å². The molecular formula is C5H16O3Si2. The first-order valence-corrected chi connectivity index (χ1v) is 8.92. The molecule has 0 spiro atoms. The summed E-state index contributed by atoms with van der Waals surface area (Å²) in [5, 5.41) is 0. The van der Waals surface area contributed by atoms with Crippen molar-refractivity contribution >= 4 is 17.1 Å². The molecule has 1 atom stereocenters. The zero-order chi connectivity index (χ0) is 8.41. The molecule has 10 heavy (non-hydrogen) atoms. The first-order chi connectivity index (χ1) is 4.27. The topological polar surface area (TPSA) is 38.7 Å². The highest BCUT2D eigenvalue weighted by Crippen LogP contribution is 2.11. The predicted molar refractivity (Wildman–Crippen MR) is 45.3 cm³/mol. The minimum atomic E-state index is -2.75. The third-order valence-corrected chi connectivity index (χ3v) is 5.60. The molecule has 0 aromatic heterocycles. The quantitative estimate of drug-likeness (QED) is 0.660. The highest BCUT2D eigenvalue weighted by Gasteiger charge is 2.34. The van der Waals surface area contributed by atoms with Crippen LogP contribution in [0.15, 0.2) is 0 Å². The fourth-order valence-electron chi connectivity index (χ4n) is 0.610. The average Bonchev–Trinajstić information content (AvgIpc) is 1.60. The molecule has 62 valence electrons. The minimum Gasteiger partial charge on any atom is -0.416 e. The van der Waals surface area contributed by atoms with Crippen molar-refractivity contribution in [3.63, 3.8) is 0 Å².